The molecule has 0 atom stereocenters. The van der Waals surface area contributed by atoms with E-state index in [2.05, 4.69) is 0 Å². The Kier molecular flexibility index (Phi) is 3.60. The van der Waals surface area contributed by atoms with E-state index in [0.29, 0.717) is 13.0 Å². The number of unbranched alkanes of at least 4 members (excludes halogenated alkanes) is 2. The lowest BCUT2D eigenvalue weighted by atomic mass is 10.1. The molecule has 1 aliphatic rings. The summed E-state index contributed by atoms with van der Waals surface area (Å²) in [6, 6.07) is 11.8. The highest BCUT2D eigenvalue weighted by molar-refractivity contribution is 6.24. The van der Waals surface area contributed by atoms with E-state index in [-0.39, 0.29) is 12.3 Å². The zero-order valence-corrected chi connectivity index (χ0v) is 11.7. The molecule has 0 aliphatic carbocycles. The molecule has 0 unspecified atom stereocenters. The van der Waals surface area contributed by atoms with Crippen molar-refractivity contribution >= 4 is 28.3 Å². The Morgan fingerprint density at radius 3 is 2.57 bits per heavy atom. The molecule has 4 heteroatoms. The summed E-state index contributed by atoms with van der Waals surface area (Å²) in [4.78, 5) is 24.8. The van der Waals surface area contributed by atoms with Crippen LogP contribution in [0.5, 0.6) is 0 Å². The molecule has 0 bridgehead atoms. The van der Waals surface area contributed by atoms with Crippen LogP contribution in [0.1, 0.15) is 36.0 Å². The Hall–Kier alpha value is -2.36. The molecule has 1 N–H and O–H groups in total. The third kappa shape index (κ3) is 2.49. The van der Waals surface area contributed by atoms with Crippen molar-refractivity contribution in [3.05, 3.63) is 42.0 Å². The van der Waals surface area contributed by atoms with E-state index in [0.717, 1.165) is 34.9 Å². The van der Waals surface area contributed by atoms with E-state index in [1.54, 1.807) is 0 Å². The molecule has 21 heavy (non-hydrogen) atoms. The SMILES string of the molecule is O=C(O)CCCCCN1C(=O)c2cccc3cccc1c23. The van der Waals surface area contributed by atoms with Gasteiger partial charge in [-0.2, -0.15) is 0 Å². The van der Waals surface area contributed by atoms with Crippen molar-refractivity contribution in [3.8, 4) is 0 Å². The number of amides is 1. The minimum Gasteiger partial charge on any atom is -0.481 e. The molecule has 1 aliphatic heterocycles. The molecular weight excluding hydrogens is 266 g/mol. The average molecular weight is 283 g/mol. The number of rotatable bonds is 6. The molecule has 2 aromatic rings. The van der Waals surface area contributed by atoms with E-state index in [4.69, 9.17) is 5.11 Å². The summed E-state index contributed by atoms with van der Waals surface area (Å²) < 4.78 is 0. The Labute approximate surface area is 123 Å². The predicted molar refractivity (Wildman–Crippen MR) is 81.7 cm³/mol. The highest BCUT2D eigenvalue weighted by Crippen LogP contribution is 2.37. The molecule has 0 saturated carbocycles. The van der Waals surface area contributed by atoms with Gasteiger partial charge in [0.2, 0.25) is 0 Å². The highest BCUT2D eigenvalue weighted by Gasteiger charge is 2.28. The maximum atomic E-state index is 12.5. The Morgan fingerprint density at radius 1 is 1.05 bits per heavy atom. The quantitative estimate of drug-likeness (QED) is 0.826. The van der Waals surface area contributed by atoms with Crippen LogP contribution in [0.4, 0.5) is 5.69 Å². The molecule has 0 radical (unpaired) electrons. The number of anilines is 1. The fraction of sp³-hybridized carbons (Fsp3) is 0.294. The monoisotopic (exact) mass is 283 g/mol. The Bertz CT molecular complexity index is 703. The summed E-state index contributed by atoms with van der Waals surface area (Å²) in [6.45, 7) is 0.645. The second-order valence-corrected chi connectivity index (χ2v) is 5.34. The van der Waals surface area contributed by atoms with Gasteiger partial charge in [-0.05, 0) is 30.4 Å². The van der Waals surface area contributed by atoms with Crippen LogP contribution >= 0.6 is 0 Å². The van der Waals surface area contributed by atoms with Gasteiger partial charge in [-0.15, -0.1) is 0 Å². The number of benzene rings is 2. The Morgan fingerprint density at radius 2 is 1.81 bits per heavy atom. The van der Waals surface area contributed by atoms with Crippen molar-refractivity contribution in [2.75, 3.05) is 11.4 Å². The van der Waals surface area contributed by atoms with Gasteiger partial charge in [0.25, 0.3) is 5.91 Å². The summed E-state index contributed by atoms with van der Waals surface area (Å²) in [5.41, 5.74) is 1.75. The molecule has 4 nitrogen and oxygen atoms in total. The number of carboxylic acids is 1. The van der Waals surface area contributed by atoms with Crippen molar-refractivity contribution < 1.29 is 14.7 Å². The van der Waals surface area contributed by atoms with Gasteiger partial charge in [-0.25, -0.2) is 0 Å². The van der Waals surface area contributed by atoms with Crippen LogP contribution in [0.3, 0.4) is 0 Å². The number of carbonyl (C=O) groups excluding carboxylic acids is 1. The summed E-state index contributed by atoms with van der Waals surface area (Å²) in [7, 11) is 0. The van der Waals surface area contributed by atoms with Gasteiger partial charge in [0.05, 0.1) is 5.69 Å². The maximum absolute atomic E-state index is 12.5. The van der Waals surface area contributed by atoms with Crippen LogP contribution in [0.15, 0.2) is 36.4 Å². The lowest BCUT2D eigenvalue weighted by Gasteiger charge is -2.17. The van der Waals surface area contributed by atoms with Crippen LogP contribution in [0, 0.1) is 0 Å². The second-order valence-electron chi connectivity index (χ2n) is 5.34. The zero-order chi connectivity index (χ0) is 14.8. The van der Waals surface area contributed by atoms with Crippen LogP contribution in [0.25, 0.3) is 10.8 Å². The first-order valence-corrected chi connectivity index (χ1v) is 7.24. The van der Waals surface area contributed by atoms with Crippen molar-refractivity contribution in [1.82, 2.24) is 0 Å². The number of hydrogen-bond acceptors (Lipinski definition) is 2. The molecule has 0 spiro atoms. The molecule has 108 valence electrons. The van der Waals surface area contributed by atoms with E-state index in [1.165, 1.54) is 0 Å². The molecular formula is C17H17NO3. The van der Waals surface area contributed by atoms with Crippen molar-refractivity contribution in [2.24, 2.45) is 0 Å². The smallest absolute Gasteiger partial charge is 0.303 e. The topological polar surface area (TPSA) is 57.6 Å². The van der Waals surface area contributed by atoms with E-state index < -0.39 is 5.97 Å². The van der Waals surface area contributed by atoms with Gasteiger partial charge >= 0.3 is 5.97 Å². The Balaban J connectivity index is 1.73. The van der Waals surface area contributed by atoms with E-state index in [1.807, 2.05) is 41.3 Å². The molecule has 0 saturated heterocycles. The third-order valence-electron chi connectivity index (χ3n) is 3.92. The lowest BCUT2D eigenvalue weighted by Crippen LogP contribution is -2.27. The predicted octanol–water partition coefficient (Wildman–Crippen LogP) is 3.45. The molecule has 1 heterocycles. The molecule has 0 fully saturated rings. The van der Waals surface area contributed by atoms with Crippen molar-refractivity contribution in [3.63, 3.8) is 0 Å². The zero-order valence-electron chi connectivity index (χ0n) is 11.7. The molecule has 3 rings (SSSR count). The largest absolute Gasteiger partial charge is 0.481 e. The fourth-order valence-corrected chi connectivity index (χ4v) is 2.92. The van der Waals surface area contributed by atoms with E-state index >= 15 is 0 Å². The van der Waals surface area contributed by atoms with Crippen molar-refractivity contribution in [2.45, 2.75) is 25.7 Å². The summed E-state index contributed by atoms with van der Waals surface area (Å²) in [6.07, 6.45) is 2.50. The molecule has 2 aromatic carbocycles. The summed E-state index contributed by atoms with van der Waals surface area (Å²) >= 11 is 0. The first-order valence-electron chi connectivity index (χ1n) is 7.24. The van der Waals surface area contributed by atoms with Gasteiger partial charge in [-0.3, -0.25) is 9.59 Å². The van der Waals surface area contributed by atoms with Crippen LogP contribution in [-0.2, 0) is 4.79 Å². The van der Waals surface area contributed by atoms with Crippen LogP contribution in [0.2, 0.25) is 0 Å². The summed E-state index contributed by atoms with van der Waals surface area (Å²) in [5.74, 6) is -0.704. The van der Waals surface area contributed by atoms with Crippen LogP contribution < -0.4 is 4.90 Å². The maximum Gasteiger partial charge on any atom is 0.303 e. The van der Waals surface area contributed by atoms with Crippen molar-refractivity contribution in [1.29, 1.82) is 0 Å². The standard InChI is InChI=1S/C17H17NO3/c19-15(20)10-2-1-3-11-18-14-9-5-7-12-6-4-8-13(16(12)14)17(18)21/h4-9H,1-3,10-11H2,(H,19,20). The number of aliphatic carboxylic acids is 1. The normalized spacial score (nSPS) is 13.1. The number of nitrogens with zero attached hydrogens (tertiary/aromatic N) is 1. The fourth-order valence-electron chi connectivity index (χ4n) is 2.92. The first-order chi connectivity index (χ1) is 10.2. The second kappa shape index (κ2) is 5.56. The molecule has 1 amide bonds. The summed E-state index contributed by atoms with van der Waals surface area (Å²) in [5, 5.41) is 10.7. The minimum atomic E-state index is -0.760. The highest BCUT2D eigenvalue weighted by atomic mass is 16.4. The average Bonchev–Trinajstić information content (AvgIpc) is 2.75. The van der Waals surface area contributed by atoms with Gasteiger partial charge in [0, 0.05) is 23.9 Å². The van der Waals surface area contributed by atoms with E-state index in [9.17, 15) is 9.59 Å². The van der Waals surface area contributed by atoms with Gasteiger partial charge in [-0.1, -0.05) is 30.7 Å². The number of carbonyl (C=O) groups is 2. The molecule has 0 aromatic heterocycles. The lowest BCUT2D eigenvalue weighted by molar-refractivity contribution is -0.137. The third-order valence-corrected chi connectivity index (χ3v) is 3.92. The number of carboxylic acid groups (broad SMARTS) is 1. The number of hydrogen-bond donors (Lipinski definition) is 1. The van der Waals surface area contributed by atoms with Gasteiger partial charge in [0.1, 0.15) is 0 Å². The minimum absolute atomic E-state index is 0.0556. The van der Waals surface area contributed by atoms with Gasteiger partial charge in [0.15, 0.2) is 0 Å². The first kappa shape index (κ1) is 13.6. The van der Waals surface area contributed by atoms with Crippen LogP contribution in [-0.4, -0.2) is 23.5 Å². The van der Waals surface area contributed by atoms with Gasteiger partial charge < -0.3 is 10.0 Å².